The Bertz CT molecular complexity index is 1020. The van der Waals surface area contributed by atoms with Crippen LogP contribution >= 0.6 is 23.5 Å². The first-order valence-corrected chi connectivity index (χ1v) is 10.7. The summed E-state index contributed by atoms with van der Waals surface area (Å²) in [7, 11) is 0. The Morgan fingerprint density at radius 3 is 2.76 bits per heavy atom. The number of benzene rings is 1. The molecule has 0 bridgehead atoms. The van der Waals surface area contributed by atoms with E-state index in [4.69, 9.17) is 5.41 Å². The number of H-pyrrole nitrogens is 1. The van der Waals surface area contributed by atoms with Gasteiger partial charge in [0.15, 0.2) is 5.17 Å². The molecule has 1 amide bonds. The van der Waals surface area contributed by atoms with Crippen LogP contribution in [0.15, 0.2) is 57.5 Å². The number of thioether (sulfide) groups is 2. The number of nitrogens with one attached hydrogen (secondary N) is 2. The highest BCUT2D eigenvalue weighted by Crippen LogP contribution is 2.39. The number of nitrogens with zero attached hydrogens (tertiary/aromatic N) is 2. The molecule has 3 rings (SSSR count). The minimum absolute atomic E-state index is 0.174. The number of hydrogen-bond donors (Lipinski definition) is 2. The molecule has 150 valence electrons. The molecule has 5 nitrogen and oxygen atoms in total. The number of amides is 1. The molecule has 0 radical (unpaired) electrons. The summed E-state index contributed by atoms with van der Waals surface area (Å²) in [6.07, 6.45) is 6.04. The van der Waals surface area contributed by atoms with E-state index in [0.29, 0.717) is 16.2 Å². The second-order valence-corrected chi connectivity index (χ2v) is 8.22. The Labute approximate surface area is 177 Å². The number of halogens is 1. The molecule has 1 fully saturated rings. The first-order valence-electron chi connectivity index (χ1n) is 9.05. The van der Waals surface area contributed by atoms with Crippen LogP contribution < -0.4 is 0 Å². The zero-order chi connectivity index (χ0) is 21.0. The monoisotopic (exact) mass is 428 g/mol. The number of allylic oxidation sites excluding steroid dienone is 2. The normalized spacial score (nSPS) is 17.0. The molecule has 2 N–H and O–H groups in total. The molecule has 1 aromatic heterocycles. The Balaban J connectivity index is 1.95. The summed E-state index contributed by atoms with van der Waals surface area (Å²) in [5.41, 5.74) is 3.22. The number of hydrogen-bond acceptors (Lipinski definition) is 5. The molecule has 2 heterocycles. The second kappa shape index (κ2) is 9.28. The number of rotatable bonds is 6. The average Bonchev–Trinajstić information content (AvgIpc) is 3.28. The van der Waals surface area contributed by atoms with E-state index in [-0.39, 0.29) is 16.9 Å². The fourth-order valence-corrected chi connectivity index (χ4v) is 4.48. The van der Waals surface area contributed by atoms with E-state index in [0.717, 1.165) is 34.3 Å². The third-order valence-corrected chi connectivity index (χ3v) is 6.38. The van der Waals surface area contributed by atoms with Crippen molar-refractivity contribution >= 4 is 40.7 Å². The number of aromatic nitrogens is 2. The molecule has 1 aliphatic rings. The quantitative estimate of drug-likeness (QED) is 0.556. The molecule has 1 aliphatic heterocycles. The van der Waals surface area contributed by atoms with Crippen molar-refractivity contribution in [2.24, 2.45) is 0 Å². The minimum Gasteiger partial charge on any atom is -0.278 e. The summed E-state index contributed by atoms with van der Waals surface area (Å²) in [5, 5.41) is 18.2. The zero-order valence-electron chi connectivity index (χ0n) is 16.3. The number of carbonyl (C=O) groups is 1. The third kappa shape index (κ3) is 4.54. The van der Waals surface area contributed by atoms with Crippen molar-refractivity contribution in [1.29, 1.82) is 5.41 Å². The van der Waals surface area contributed by atoms with Gasteiger partial charge in [0.25, 0.3) is 5.91 Å². The van der Waals surface area contributed by atoms with E-state index in [9.17, 15) is 9.18 Å². The van der Waals surface area contributed by atoms with Crippen molar-refractivity contribution in [1.82, 2.24) is 15.1 Å². The standard InChI is InChI=1S/C21H21FN4OS2/c1-4-10-28-20(13(3)5-2)26-19(27)17(29-21(26)23)11-15-12-24-25-18(15)14-6-8-16(22)9-7-14/h4,6-12,23H,5H2,1-3H3,(H,24,25). The van der Waals surface area contributed by atoms with Gasteiger partial charge < -0.3 is 0 Å². The van der Waals surface area contributed by atoms with Crippen LogP contribution in [0.25, 0.3) is 17.3 Å². The smallest absolute Gasteiger partial charge is 0.271 e. The van der Waals surface area contributed by atoms with Gasteiger partial charge in [-0.15, -0.1) is 0 Å². The molecule has 2 aromatic rings. The Morgan fingerprint density at radius 1 is 1.38 bits per heavy atom. The van der Waals surface area contributed by atoms with Gasteiger partial charge in [0, 0.05) is 11.1 Å². The largest absolute Gasteiger partial charge is 0.278 e. The van der Waals surface area contributed by atoms with Gasteiger partial charge in [-0.1, -0.05) is 24.8 Å². The summed E-state index contributed by atoms with van der Waals surface area (Å²) in [6.45, 7) is 5.92. The fourth-order valence-electron chi connectivity index (χ4n) is 2.69. The van der Waals surface area contributed by atoms with Crippen LogP contribution in [0, 0.1) is 11.2 Å². The van der Waals surface area contributed by atoms with Gasteiger partial charge in [0.2, 0.25) is 0 Å². The third-order valence-electron chi connectivity index (χ3n) is 4.33. The van der Waals surface area contributed by atoms with Gasteiger partial charge in [0.05, 0.1) is 21.8 Å². The molecule has 1 saturated heterocycles. The first-order chi connectivity index (χ1) is 14.0. The fraction of sp³-hybridized carbons (Fsp3) is 0.190. The van der Waals surface area contributed by atoms with Crippen LogP contribution in [0.3, 0.4) is 0 Å². The number of carbonyl (C=O) groups excluding carboxylic acids is 1. The molecule has 0 unspecified atom stereocenters. The molecule has 0 aliphatic carbocycles. The van der Waals surface area contributed by atoms with Gasteiger partial charge in [-0.25, -0.2) is 9.29 Å². The molecule has 1 aromatic carbocycles. The zero-order valence-corrected chi connectivity index (χ0v) is 18.0. The maximum atomic E-state index is 13.2. The van der Waals surface area contributed by atoms with E-state index in [1.165, 1.54) is 28.8 Å². The van der Waals surface area contributed by atoms with Crippen molar-refractivity contribution in [3.8, 4) is 11.3 Å². The lowest BCUT2D eigenvalue weighted by Crippen LogP contribution is -2.27. The maximum Gasteiger partial charge on any atom is 0.271 e. The lowest BCUT2D eigenvalue weighted by molar-refractivity contribution is -0.120. The molecule has 29 heavy (non-hydrogen) atoms. The second-order valence-electron chi connectivity index (χ2n) is 6.29. The maximum absolute atomic E-state index is 13.2. The Hall–Kier alpha value is -2.58. The van der Waals surface area contributed by atoms with Gasteiger partial charge in [-0.3, -0.25) is 15.3 Å². The Morgan fingerprint density at radius 2 is 2.10 bits per heavy atom. The van der Waals surface area contributed by atoms with E-state index in [1.807, 2.05) is 32.3 Å². The SMILES string of the molecule is CC=CSC(=C(C)CC)N1C(=N)SC(=Cc2cn[nH]c2-c2ccc(F)cc2)C1=O. The summed E-state index contributed by atoms with van der Waals surface area (Å²) in [4.78, 5) is 15.0. The van der Waals surface area contributed by atoms with Crippen LogP contribution in [0.2, 0.25) is 0 Å². The van der Waals surface area contributed by atoms with Crippen LogP contribution in [-0.4, -0.2) is 26.2 Å². The van der Waals surface area contributed by atoms with E-state index >= 15 is 0 Å². The molecule has 0 atom stereocenters. The van der Waals surface area contributed by atoms with Gasteiger partial charge in [-0.2, -0.15) is 5.10 Å². The van der Waals surface area contributed by atoms with Crippen molar-refractivity contribution in [2.75, 3.05) is 0 Å². The molecule has 0 saturated carbocycles. The highest BCUT2D eigenvalue weighted by atomic mass is 32.2. The number of amidine groups is 1. The van der Waals surface area contributed by atoms with E-state index < -0.39 is 0 Å². The molecular weight excluding hydrogens is 407 g/mol. The predicted molar refractivity (Wildman–Crippen MR) is 120 cm³/mol. The van der Waals surface area contributed by atoms with Crippen molar-refractivity contribution in [3.63, 3.8) is 0 Å². The summed E-state index contributed by atoms with van der Waals surface area (Å²) >= 11 is 2.56. The topological polar surface area (TPSA) is 72.8 Å². The molecule has 0 spiro atoms. The van der Waals surface area contributed by atoms with Crippen molar-refractivity contribution in [2.45, 2.75) is 27.2 Å². The highest BCUT2D eigenvalue weighted by Gasteiger charge is 2.35. The van der Waals surface area contributed by atoms with Crippen LogP contribution in [0.5, 0.6) is 0 Å². The number of aromatic amines is 1. The van der Waals surface area contributed by atoms with Crippen molar-refractivity contribution < 1.29 is 9.18 Å². The molecular formula is C21H21FN4OS2. The van der Waals surface area contributed by atoms with E-state index in [1.54, 1.807) is 24.4 Å². The van der Waals surface area contributed by atoms with Crippen LogP contribution in [-0.2, 0) is 4.79 Å². The van der Waals surface area contributed by atoms with E-state index in [2.05, 4.69) is 10.2 Å². The highest BCUT2D eigenvalue weighted by molar-refractivity contribution is 8.18. The molecule has 8 heteroatoms. The van der Waals surface area contributed by atoms with Crippen LogP contribution in [0.4, 0.5) is 4.39 Å². The van der Waals surface area contributed by atoms with Gasteiger partial charge in [0.1, 0.15) is 5.82 Å². The lowest BCUT2D eigenvalue weighted by atomic mass is 10.1. The summed E-state index contributed by atoms with van der Waals surface area (Å²) in [6, 6.07) is 6.07. The summed E-state index contributed by atoms with van der Waals surface area (Å²) in [5.74, 6) is -0.547. The summed E-state index contributed by atoms with van der Waals surface area (Å²) < 4.78 is 13.2. The van der Waals surface area contributed by atoms with Crippen LogP contribution in [0.1, 0.15) is 32.8 Å². The van der Waals surface area contributed by atoms with Crippen molar-refractivity contribution in [3.05, 3.63) is 68.8 Å². The first kappa shape index (κ1) is 21.1. The van der Waals surface area contributed by atoms with Gasteiger partial charge in [-0.05, 0) is 73.4 Å². The van der Waals surface area contributed by atoms with Gasteiger partial charge >= 0.3 is 0 Å². The Kier molecular flexibility index (Phi) is 6.76. The average molecular weight is 429 g/mol. The lowest BCUT2D eigenvalue weighted by Gasteiger charge is -2.19. The minimum atomic E-state index is -0.317. The predicted octanol–water partition coefficient (Wildman–Crippen LogP) is 5.98.